The molecule has 3 amide bonds. The molecular weight excluding hydrogens is 362 g/mol. The monoisotopic (exact) mass is 383 g/mol. The SMILES string of the molecule is COc1ccc(NC(=O)C2=C(C)NC(=O)NC2c2cccc(O)c2)c(OC)c1. The zero-order valence-corrected chi connectivity index (χ0v) is 15.7. The molecule has 0 aliphatic carbocycles. The topological polar surface area (TPSA) is 109 Å². The van der Waals surface area contributed by atoms with E-state index in [1.807, 2.05) is 0 Å². The summed E-state index contributed by atoms with van der Waals surface area (Å²) >= 11 is 0. The van der Waals surface area contributed by atoms with Gasteiger partial charge in [0, 0.05) is 11.8 Å². The van der Waals surface area contributed by atoms with Crippen molar-refractivity contribution in [3.05, 3.63) is 59.3 Å². The summed E-state index contributed by atoms with van der Waals surface area (Å²) in [6.07, 6.45) is 0. The molecule has 0 fully saturated rings. The van der Waals surface area contributed by atoms with Crippen molar-refractivity contribution in [2.75, 3.05) is 19.5 Å². The van der Waals surface area contributed by atoms with Crippen LogP contribution in [0.5, 0.6) is 17.2 Å². The lowest BCUT2D eigenvalue weighted by atomic mass is 9.94. The fraction of sp³-hybridized carbons (Fsp3) is 0.200. The van der Waals surface area contributed by atoms with Crippen molar-refractivity contribution in [1.82, 2.24) is 10.6 Å². The molecule has 1 unspecified atom stereocenters. The minimum atomic E-state index is -0.718. The van der Waals surface area contributed by atoms with Crippen molar-refractivity contribution in [2.45, 2.75) is 13.0 Å². The summed E-state index contributed by atoms with van der Waals surface area (Å²) in [5, 5.41) is 17.9. The standard InChI is InChI=1S/C20H21N3O5/c1-11-17(18(23-20(26)21-11)12-5-4-6-13(24)9-12)19(25)22-15-8-7-14(27-2)10-16(15)28-3/h4-10,18,24H,1-3H3,(H,22,25)(H2,21,23,26). The van der Waals surface area contributed by atoms with Gasteiger partial charge in [0.15, 0.2) is 0 Å². The van der Waals surface area contributed by atoms with Crippen LogP contribution in [0.15, 0.2) is 53.7 Å². The van der Waals surface area contributed by atoms with Crippen LogP contribution in [-0.2, 0) is 4.79 Å². The normalized spacial score (nSPS) is 16.1. The number of hydrogen-bond acceptors (Lipinski definition) is 5. The molecule has 2 aromatic rings. The number of nitrogens with one attached hydrogen (secondary N) is 3. The summed E-state index contributed by atoms with van der Waals surface area (Å²) in [6.45, 7) is 1.65. The van der Waals surface area contributed by atoms with Crippen LogP contribution in [0.3, 0.4) is 0 Å². The zero-order chi connectivity index (χ0) is 20.3. The van der Waals surface area contributed by atoms with Gasteiger partial charge in [-0.3, -0.25) is 4.79 Å². The number of hydrogen-bond donors (Lipinski definition) is 4. The highest BCUT2D eigenvalue weighted by Crippen LogP contribution is 2.32. The number of rotatable bonds is 5. The molecule has 4 N–H and O–H groups in total. The molecule has 8 nitrogen and oxygen atoms in total. The molecule has 0 radical (unpaired) electrons. The number of ether oxygens (including phenoxy) is 2. The number of benzene rings is 2. The van der Waals surface area contributed by atoms with E-state index in [0.29, 0.717) is 34.0 Å². The maximum absolute atomic E-state index is 13.1. The number of phenolic OH excluding ortho intramolecular Hbond substituents is 1. The molecule has 28 heavy (non-hydrogen) atoms. The molecule has 3 rings (SSSR count). The summed E-state index contributed by atoms with van der Waals surface area (Å²) in [4.78, 5) is 25.0. The Morgan fingerprint density at radius 1 is 1.14 bits per heavy atom. The van der Waals surface area contributed by atoms with Crippen LogP contribution in [0.25, 0.3) is 0 Å². The third kappa shape index (κ3) is 3.85. The molecule has 8 heteroatoms. The van der Waals surface area contributed by atoms with Crippen LogP contribution in [0.1, 0.15) is 18.5 Å². The van der Waals surface area contributed by atoms with Gasteiger partial charge in [-0.25, -0.2) is 4.79 Å². The van der Waals surface area contributed by atoms with Gasteiger partial charge in [-0.05, 0) is 36.8 Å². The Kier molecular flexibility index (Phi) is 5.39. The number of carbonyl (C=O) groups is 2. The molecule has 1 aliphatic rings. The van der Waals surface area contributed by atoms with E-state index in [9.17, 15) is 14.7 Å². The Balaban J connectivity index is 1.96. The largest absolute Gasteiger partial charge is 0.508 e. The van der Waals surface area contributed by atoms with Crippen LogP contribution < -0.4 is 25.4 Å². The molecular formula is C20H21N3O5. The predicted octanol–water partition coefficient (Wildman–Crippen LogP) is 2.68. The van der Waals surface area contributed by atoms with E-state index in [-0.39, 0.29) is 5.75 Å². The molecule has 0 saturated carbocycles. The summed E-state index contributed by atoms with van der Waals surface area (Å²) in [5.74, 6) is 0.656. The number of amides is 3. The smallest absolute Gasteiger partial charge is 0.319 e. The first-order chi connectivity index (χ1) is 13.4. The van der Waals surface area contributed by atoms with E-state index in [2.05, 4.69) is 16.0 Å². The van der Waals surface area contributed by atoms with Crippen molar-refractivity contribution >= 4 is 17.6 Å². The molecule has 0 bridgehead atoms. The lowest BCUT2D eigenvalue weighted by Gasteiger charge is -2.29. The zero-order valence-electron chi connectivity index (χ0n) is 15.7. The maximum atomic E-state index is 13.1. The number of aromatic hydroxyl groups is 1. The number of phenols is 1. The molecule has 0 aromatic heterocycles. The fourth-order valence-corrected chi connectivity index (χ4v) is 3.04. The predicted molar refractivity (Wildman–Crippen MR) is 103 cm³/mol. The van der Waals surface area contributed by atoms with Crippen LogP contribution >= 0.6 is 0 Å². The molecule has 1 heterocycles. The first-order valence-corrected chi connectivity index (χ1v) is 8.53. The van der Waals surface area contributed by atoms with Gasteiger partial charge in [0.2, 0.25) is 0 Å². The lowest BCUT2D eigenvalue weighted by Crippen LogP contribution is -2.45. The number of anilines is 1. The molecule has 1 aliphatic heterocycles. The Morgan fingerprint density at radius 3 is 2.61 bits per heavy atom. The van der Waals surface area contributed by atoms with Crippen molar-refractivity contribution in [3.8, 4) is 17.2 Å². The molecule has 0 spiro atoms. The first kappa shape index (κ1) is 19.1. The van der Waals surface area contributed by atoms with Gasteiger partial charge in [-0.1, -0.05) is 12.1 Å². The maximum Gasteiger partial charge on any atom is 0.319 e. The number of urea groups is 1. The van der Waals surface area contributed by atoms with Gasteiger partial charge in [-0.2, -0.15) is 0 Å². The van der Waals surface area contributed by atoms with Gasteiger partial charge in [-0.15, -0.1) is 0 Å². The van der Waals surface area contributed by atoms with E-state index < -0.39 is 18.0 Å². The lowest BCUT2D eigenvalue weighted by molar-refractivity contribution is -0.113. The minimum absolute atomic E-state index is 0.0412. The second-order valence-corrected chi connectivity index (χ2v) is 6.19. The summed E-state index contributed by atoms with van der Waals surface area (Å²) < 4.78 is 10.5. The highest BCUT2D eigenvalue weighted by atomic mass is 16.5. The highest BCUT2D eigenvalue weighted by Gasteiger charge is 2.31. The average molecular weight is 383 g/mol. The van der Waals surface area contributed by atoms with Gasteiger partial charge in [0.05, 0.1) is 31.5 Å². The van der Waals surface area contributed by atoms with E-state index in [1.54, 1.807) is 37.3 Å². The second-order valence-electron chi connectivity index (χ2n) is 6.19. The minimum Gasteiger partial charge on any atom is -0.508 e. The summed E-state index contributed by atoms with van der Waals surface area (Å²) in [5.41, 5.74) is 1.78. The van der Waals surface area contributed by atoms with Crippen LogP contribution in [0, 0.1) is 0 Å². The third-order valence-electron chi connectivity index (χ3n) is 4.37. The van der Waals surface area contributed by atoms with Gasteiger partial charge >= 0.3 is 6.03 Å². The molecule has 2 aromatic carbocycles. The second kappa shape index (κ2) is 7.91. The van der Waals surface area contributed by atoms with Crippen molar-refractivity contribution in [2.24, 2.45) is 0 Å². The van der Waals surface area contributed by atoms with E-state index in [4.69, 9.17) is 9.47 Å². The van der Waals surface area contributed by atoms with Crippen molar-refractivity contribution in [3.63, 3.8) is 0 Å². The Hall–Kier alpha value is -3.68. The molecule has 146 valence electrons. The third-order valence-corrected chi connectivity index (χ3v) is 4.37. The quantitative estimate of drug-likeness (QED) is 0.635. The Morgan fingerprint density at radius 2 is 1.93 bits per heavy atom. The van der Waals surface area contributed by atoms with Crippen molar-refractivity contribution in [1.29, 1.82) is 0 Å². The molecule has 1 atom stereocenters. The number of allylic oxidation sites excluding steroid dienone is 1. The number of methoxy groups -OCH3 is 2. The highest BCUT2D eigenvalue weighted by molar-refractivity contribution is 6.07. The van der Waals surface area contributed by atoms with E-state index in [0.717, 1.165) is 0 Å². The van der Waals surface area contributed by atoms with Crippen molar-refractivity contribution < 1.29 is 24.2 Å². The first-order valence-electron chi connectivity index (χ1n) is 8.53. The summed E-state index contributed by atoms with van der Waals surface area (Å²) in [7, 11) is 3.03. The summed E-state index contributed by atoms with van der Waals surface area (Å²) in [6, 6.07) is 10.3. The van der Waals surface area contributed by atoms with Gasteiger partial charge < -0.3 is 30.5 Å². The van der Waals surface area contributed by atoms with E-state index >= 15 is 0 Å². The van der Waals surface area contributed by atoms with Crippen LogP contribution in [0.4, 0.5) is 10.5 Å². The van der Waals surface area contributed by atoms with Gasteiger partial charge in [0.25, 0.3) is 5.91 Å². The fourth-order valence-electron chi connectivity index (χ4n) is 3.04. The Bertz CT molecular complexity index is 955. The molecule has 0 saturated heterocycles. The number of carbonyl (C=O) groups excluding carboxylic acids is 2. The van der Waals surface area contributed by atoms with E-state index in [1.165, 1.54) is 26.4 Å². The van der Waals surface area contributed by atoms with Gasteiger partial charge in [0.1, 0.15) is 17.2 Å². The van der Waals surface area contributed by atoms with Crippen LogP contribution in [-0.4, -0.2) is 31.3 Å². The van der Waals surface area contributed by atoms with Crippen LogP contribution in [0.2, 0.25) is 0 Å². The Labute approximate surface area is 162 Å². The average Bonchev–Trinajstić information content (AvgIpc) is 2.67.